The minimum atomic E-state index is 0.447. The number of fused-ring (bicyclic) bond motifs is 1. The third-order valence-electron chi connectivity index (χ3n) is 3.39. The first-order chi connectivity index (χ1) is 8.15. The molecule has 5 heteroatoms. The van der Waals surface area contributed by atoms with Crippen LogP contribution in [0, 0.1) is 6.92 Å². The van der Waals surface area contributed by atoms with Crippen LogP contribution in [0.1, 0.15) is 40.6 Å². The number of rotatable bonds is 1. The summed E-state index contributed by atoms with van der Waals surface area (Å²) in [7, 11) is 1.97. The van der Waals surface area contributed by atoms with Crippen LogP contribution in [-0.2, 0) is 13.5 Å². The number of nitrogens with zero attached hydrogens (tertiary/aromatic N) is 3. The molecule has 90 valence electrons. The van der Waals surface area contributed by atoms with E-state index in [9.17, 15) is 0 Å². The van der Waals surface area contributed by atoms with E-state index in [1.807, 2.05) is 11.7 Å². The van der Waals surface area contributed by atoms with Crippen LogP contribution in [-0.4, -0.2) is 14.8 Å². The zero-order valence-corrected chi connectivity index (χ0v) is 10.9. The molecule has 4 nitrogen and oxygen atoms in total. The average Bonchev–Trinajstić information content (AvgIpc) is 2.79. The fourth-order valence-electron chi connectivity index (χ4n) is 2.70. The lowest BCUT2D eigenvalue weighted by atomic mass is 9.86. The van der Waals surface area contributed by atoms with Crippen LogP contribution < -0.4 is 5.73 Å². The Bertz CT molecular complexity index is 555. The summed E-state index contributed by atoms with van der Waals surface area (Å²) in [5, 5.41) is 5.13. The van der Waals surface area contributed by atoms with Crippen molar-refractivity contribution in [1.29, 1.82) is 0 Å². The monoisotopic (exact) mass is 248 g/mol. The highest BCUT2D eigenvalue weighted by atomic mass is 32.1. The summed E-state index contributed by atoms with van der Waals surface area (Å²) in [4.78, 5) is 5.78. The van der Waals surface area contributed by atoms with Gasteiger partial charge in [0.1, 0.15) is 0 Å². The first-order valence-electron chi connectivity index (χ1n) is 5.90. The summed E-state index contributed by atoms with van der Waals surface area (Å²) >= 11 is 1.64. The van der Waals surface area contributed by atoms with E-state index in [1.54, 1.807) is 11.3 Å². The lowest BCUT2D eigenvalue weighted by Crippen LogP contribution is -2.09. The molecule has 0 amide bonds. The van der Waals surface area contributed by atoms with Crippen molar-refractivity contribution in [3.05, 3.63) is 28.0 Å². The minimum Gasteiger partial charge on any atom is -0.375 e. The molecule has 1 unspecified atom stereocenters. The Labute approximate surface area is 104 Å². The van der Waals surface area contributed by atoms with Gasteiger partial charge in [0.25, 0.3) is 0 Å². The normalized spacial score (nSPS) is 19.3. The molecule has 0 saturated carbocycles. The largest absolute Gasteiger partial charge is 0.375 e. The number of anilines is 1. The van der Waals surface area contributed by atoms with Gasteiger partial charge in [-0.05, 0) is 26.2 Å². The first kappa shape index (κ1) is 10.8. The predicted molar refractivity (Wildman–Crippen MR) is 69.3 cm³/mol. The van der Waals surface area contributed by atoms with Crippen molar-refractivity contribution in [2.75, 3.05) is 5.73 Å². The summed E-state index contributed by atoms with van der Waals surface area (Å²) in [5.41, 5.74) is 9.48. The van der Waals surface area contributed by atoms with Gasteiger partial charge in [-0.1, -0.05) is 0 Å². The maximum Gasteiger partial charge on any atom is 0.180 e. The van der Waals surface area contributed by atoms with Gasteiger partial charge in [-0.3, -0.25) is 4.68 Å². The van der Waals surface area contributed by atoms with Crippen molar-refractivity contribution in [2.24, 2.45) is 7.05 Å². The summed E-state index contributed by atoms with van der Waals surface area (Å²) in [6, 6.07) is 0. The molecule has 1 atom stereocenters. The zero-order valence-electron chi connectivity index (χ0n) is 10.1. The number of hydrogen-bond donors (Lipinski definition) is 1. The Morgan fingerprint density at radius 3 is 3.06 bits per heavy atom. The number of thiazole rings is 1. The van der Waals surface area contributed by atoms with Crippen LogP contribution in [0.15, 0.2) is 6.20 Å². The highest BCUT2D eigenvalue weighted by Crippen LogP contribution is 2.41. The Balaban J connectivity index is 2.08. The maximum absolute atomic E-state index is 5.83. The molecule has 2 aromatic rings. The topological polar surface area (TPSA) is 56.7 Å². The van der Waals surface area contributed by atoms with Crippen molar-refractivity contribution >= 4 is 16.5 Å². The highest BCUT2D eigenvalue weighted by Gasteiger charge is 2.27. The lowest BCUT2D eigenvalue weighted by Gasteiger charge is -2.20. The molecule has 1 aliphatic carbocycles. The summed E-state index contributed by atoms with van der Waals surface area (Å²) in [6.45, 7) is 2.08. The highest BCUT2D eigenvalue weighted by molar-refractivity contribution is 7.15. The molecule has 0 radical (unpaired) electrons. The van der Waals surface area contributed by atoms with E-state index in [0.29, 0.717) is 11.0 Å². The molecule has 2 aromatic heterocycles. The standard InChI is InChI=1S/C12H16N4S/c1-7-9(6-16(2)15-7)8-4-3-5-10-11(8)17-12(13)14-10/h6,8H,3-5H2,1-2H3,(H2,13,14). The van der Waals surface area contributed by atoms with E-state index in [2.05, 4.69) is 23.2 Å². The van der Waals surface area contributed by atoms with Gasteiger partial charge in [0.2, 0.25) is 0 Å². The van der Waals surface area contributed by atoms with Crippen LogP contribution in [0.3, 0.4) is 0 Å². The number of nitrogens with two attached hydrogens (primary N) is 1. The molecular formula is C12H16N4S. The van der Waals surface area contributed by atoms with Gasteiger partial charge in [-0.15, -0.1) is 11.3 Å². The van der Waals surface area contributed by atoms with Gasteiger partial charge in [0.05, 0.1) is 11.4 Å². The van der Waals surface area contributed by atoms with Gasteiger partial charge < -0.3 is 5.73 Å². The van der Waals surface area contributed by atoms with Crippen LogP contribution in [0.5, 0.6) is 0 Å². The first-order valence-corrected chi connectivity index (χ1v) is 6.72. The smallest absolute Gasteiger partial charge is 0.180 e. The SMILES string of the molecule is Cc1nn(C)cc1C1CCCc2nc(N)sc21. The van der Waals surface area contributed by atoms with E-state index in [4.69, 9.17) is 5.73 Å². The van der Waals surface area contributed by atoms with Crippen molar-refractivity contribution < 1.29 is 0 Å². The molecule has 0 aliphatic heterocycles. The molecule has 0 aromatic carbocycles. The number of hydrogen-bond acceptors (Lipinski definition) is 4. The van der Waals surface area contributed by atoms with E-state index in [1.165, 1.54) is 29.0 Å². The molecule has 0 spiro atoms. The molecule has 1 aliphatic rings. The second kappa shape index (κ2) is 3.84. The van der Waals surface area contributed by atoms with Gasteiger partial charge in [0, 0.05) is 29.6 Å². The van der Waals surface area contributed by atoms with Crippen molar-refractivity contribution in [3.8, 4) is 0 Å². The van der Waals surface area contributed by atoms with Gasteiger partial charge in [-0.2, -0.15) is 5.10 Å². The second-order valence-electron chi connectivity index (χ2n) is 4.65. The second-order valence-corrected chi connectivity index (χ2v) is 5.71. The fraction of sp³-hybridized carbons (Fsp3) is 0.500. The minimum absolute atomic E-state index is 0.447. The Kier molecular flexibility index (Phi) is 2.43. The molecule has 0 fully saturated rings. The maximum atomic E-state index is 5.83. The lowest BCUT2D eigenvalue weighted by molar-refractivity contribution is 0.615. The van der Waals surface area contributed by atoms with E-state index in [-0.39, 0.29) is 0 Å². The molecule has 0 saturated heterocycles. The molecule has 3 rings (SSSR count). The van der Waals surface area contributed by atoms with Crippen molar-refractivity contribution in [3.63, 3.8) is 0 Å². The summed E-state index contributed by atoms with van der Waals surface area (Å²) in [6.07, 6.45) is 5.57. The fourth-order valence-corrected chi connectivity index (χ4v) is 3.73. The molecule has 2 heterocycles. The molecule has 17 heavy (non-hydrogen) atoms. The molecular weight excluding hydrogens is 232 g/mol. The number of aromatic nitrogens is 3. The van der Waals surface area contributed by atoms with Crippen LogP contribution in [0.4, 0.5) is 5.13 Å². The average molecular weight is 248 g/mol. The quantitative estimate of drug-likeness (QED) is 0.842. The Morgan fingerprint density at radius 2 is 2.35 bits per heavy atom. The van der Waals surface area contributed by atoms with Crippen molar-refractivity contribution in [2.45, 2.75) is 32.1 Å². The van der Waals surface area contributed by atoms with E-state index >= 15 is 0 Å². The summed E-state index contributed by atoms with van der Waals surface area (Å²) < 4.78 is 1.89. The zero-order chi connectivity index (χ0) is 12.0. The van der Waals surface area contributed by atoms with Crippen molar-refractivity contribution in [1.82, 2.24) is 14.8 Å². The van der Waals surface area contributed by atoms with Gasteiger partial charge in [0.15, 0.2) is 5.13 Å². The van der Waals surface area contributed by atoms with Crippen LogP contribution in [0.25, 0.3) is 0 Å². The number of nitrogen functional groups attached to an aromatic ring is 1. The predicted octanol–water partition coefficient (Wildman–Crippen LogP) is 2.24. The Morgan fingerprint density at radius 1 is 1.53 bits per heavy atom. The third kappa shape index (κ3) is 1.74. The van der Waals surface area contributed by atoms with Crippen LogP contribution >= 0.6 is 11.3 Å². The van der Waals surface area contributed by atoms with Gasteiger partial charge in [-0.25, -0.2) is 4.98 Å². The van der Waals surface area contributed by atoms with E-state index in [0.717, 1.165) is 12.1 Å². The van der Waals surface area contributed by atoms with Crippen LogP contribution in [0.2, 0.25) is 0 Å². The summed E-state index contributed by atoms with van der Waals surface area (Å²) in [5.74, 6) is 0.447. The Hall–Kier alpha value is -1.36. The molecule has 0 bridgehead atoms. The molecule has 2 N–H and O–H groups in total. The third-order valence-corrected chi connectivity index (χ3v) is 4.43. The number of aryl methyl sites for hydroxylation is 3. The van der Waals surface area contributed by atoms with E-state index < -0.39 is 0 Å². The van der Waals surface area contributed by atoms with Gasteiger partial charge >= 0.3 is 0 Å².